The Labute approximate surface area is 370 Å². The number of thiazole rings is 1. The number of carboxylic acids is 1. The highest BCUT2D eigenvalue weighted by Gasteiger charge is 2.61. The van der Waals surface area contributed by atoms with Gasteiger partial charge >= 0.3 is 12.1 Å². The van der Waals surface area contributed by atoms with Gasteiger partial charge in [-0.3, -0.25) is 14.5 Å². The second-order valence-electron chi connectivity index (χ2n) is 17.9. The summed E-state index contributed by atoms with van der Waals surface area (Å²) in [5.41, 5.74) is 0.381. The maximum atomic E-state index is 14.6. The van der Waals surface area contributed by atoms with Crippen molar-refractivity contribution in [2.75, 3.05) is 45.3 Å². The molecule has 4 N–H and O–H groups in total. The fourth-order valence-corrected chi connectivity index (χ4v) is 10.2. The van der Waals surface area contributed by atoms with Crippen LogP contribution in [0.1, 0.15) is 66.2 Å². The van der Waals surface area contributed by atoms with Crippen LogP contribution in [0, 0.1) is 17.8 Å². The Morgan fingerprint density at radius 1 is 1.10 bits per heavy atom. The molecule has 3 aliphatic carbocycles. The van der Waals surface area contributed by atoms with Gasteiger partial charge in [0.15, 0.2) is 5.13 Å². The van der Waals surface area contributed by atoms with Crippen molar-refractivity contribution >= 4 is 62.8 Å². The van der Waals surface area contributed by atoms with E-state index in [0.717, 1.165) is 25.8 Å². The van der Waals surface area contributed by atoms with Crippen molar-refractivity contribution < 1.29 is 43.2 Å². The first kappa shape index (κ1) is 43.9. The van der Waals surface area contributed by atoms with Crippen molar-refractivity contribution in [3.05, 3.63) is 40.8 Å². The number of morpholine rings is 1. The van der Waals surface area contributed by atoms with Crippen molar-refractivity contribution in [1.29, 1.82) is 0 Å². The number of benzene rings is 1. The molecule has 2 aliphatic heterocycles. The molecule has 4 heterocycles. The maximum absolute atomic E-state index is 14.6. The number of fused-ring (bicyclic) bond motifs is 2. The van der Waals surface area contributed by atoms with Gasteiger partial charge in [-0.1, -0.05) is 31.5 Å². The van der Waals surface area contributed by atoms with E-state index in [9.17, 15) is 24.3 Å². The molecule has 5 aliphatic rings. The molecule has 0 spiro atoms. The normalized spacial score (nSPS) is 28.2. The first-order valence-corrected chi connectivity index (χ1v) is 22.8. The summed E-state index contributed by atoms with van der Waals surface area (Å²) in [4.78, 5) is 67.7. The van der Waals surface area contributed by atoms with Crippen molar-refractivity contribution in [2.24, 2.45) is 17.8 Å². The van der Waals surface area contributed by atoms with E-state index in [-0.39, 0.29) is 48.5 Å². The standard InChI is InChI=1S/C44H56ClN7O9S/c1-7-26-17-44(26,41(55)56)50-39(53)33-15-29(18-52(33)40(54)37(22(2)3)49-43(57)61-28-13-24-12-25(24)14-28)60-35-16-31(32-21-62-42(48-32)46-23(4)5)47-38-30(35)8-9-34(36(38)45)59-20-27-19-58-11-10-51(27)6/h8-9,16,21,23-29,33,37H,2,7,10-15,17-20H2,1,3-6H3,(H,46,48)(H,49,57)(H,50,53)(H,55,56)/t24-,25+,26-,27-,28+,29-,33+,37+,44-/m1/s1. The number of alkyl carbamates (subject to hydrolysis) is 1. The molecule has 3 aromatic rings. The number of halogens is 1. The number of ether oxygens (including phenoxy) is 4. The van der Waals surface area contributed by atoms with Crippen LogP contribution >= 0.6 is 22.9 Å². The minimum absolute atomic E-state index is 0.0203. The van der Waals surface area contributed by atoms with E-state index in [4.69, 9.17) is 40.5 Å². The van der Waals surface area contributed by atoms with Gasteiger partial charge in [0.1, 0.15) is 58.7 Å². The van der Waals surface area contributed by atoms with E-state index in [1.54, 1.807) is 19.1 Å². The number of aliphatic carboxylic acids is 1. The number of nitrogens with one attached hydrogen (secondary N) is 3. The first-order chi connectivity index (χ1) is 29.6. The SMILES string of the molecule is C=C(C)[C@H](NC(=O)O[C@@H]1C[C@@H]2C[C@@H]2C1)C(=O)N1C[C@H](Oc2cc(-c3csc(NC(C)C)n3)nc3c(Cl)c(OC[C@H]4COCCN4C)ccc23)C[C@H]1C(=O)N[C@]1(C(=O)O)C[C@H]1CC. The summed E-state index contributed by atoms with van der Waals surface area (Å²) in [5, 5.41) is 22.5. The van der Waals surface area contributed by atoms with Crippen molar-refractivity contribution in [1.82, 2.24) is 30.4 Å². The molecule has 0 bridgehead atoms. The van der Waals surface area contributed by atoms with Gasteiger partial charge in [-0.2, -0.15) is 0 Å². The number of anilines is 1. The summed E-state index contributed by atoms with van der Waals surface area (Å²) < 4.78 is 24.4. The summed E-state index contributed by atoms with van der Waals surface area (Å²) >= 11 is 8.54. The minimum Gasteiger partial charge on any atom is -0.490 e. The van der Waals surface area contributed by atoms with Gasteiger partial charge in [-0.15, -0.1) is 11.3 Å². The molecule has 8 rings (SSSR count). The molecule has 2 saturated heterocycles. The summed E-state index contributed by atoms with van der Waals surface area (Å²) in [5.74, 6) is -0.595. The molecule has 1 aromatic carbocycles. The molecule has 16 nitrogen and oxygen atoms in total. The number of pyridine rings is 1. The highest BCUT2D eigenvalue weighted by atomic mass is 35.5. The molecule has 2 aromatic heterocycles. The van der Waals surface area contributed by atoms with Crippen LogP contribution in [-0.2, 0) is 23.9 Å². The highest BCUT2D eigenvalue weighted by molar-refractivity contribution is 7.14. The predicted octanol–water partition coefficient (Wildman–Crippen LogP) is 5.73. The molecule has 0 radical (unpaired) electrons. The minimum atomic E-state index is -1.43. The van der Waals surface area contributed by atoms with Crippen LogP contribution in [0.5, 0.6) is 11.5 Å². The highest BCUT2D eigenvalue weighted by Crippen LogP contribution is 2.52. The number of rotatable bonds is 16. The lowest BCUT2D eigenvalue weighted by molar-refractivity contribution is -0.145. The van der Waals surface area contributed by atoms with Gasteiger partial charge in [0, 0.05) is 35.8 Å². The van der Waals surface area contributed by atoms with Gasteiger partial charge in [-0.05, 0) is 89.0 Å². The largest absolute Gasteiger partial charge is 0.490 e. The van der Waals surface area contributed by atoms with Gasteiger partial charge in [-0.25, -0.2) is 19.6 Å². The van der Waals surface area contributed by atoms with Gasteiger partial charge in [0.2, 0.25) is 11.8 Å². The predicted molar refractivity (Wildman–Crippen MR) is 234 cm³/mol. The maximum Gasteiger partial charge on any atom is 0.408 e. The summed E-state index contributed by atoms with van der Waals surface area (Å²) in [6, 6.07) is 3.18. The molecular weight excluding hydrogens is 838 g/mol. The third-order valence-corrected chi connectivity index (χ3v) is 14.1. The monoisotopic (exact) mass is 893 g/mol. The number of aromatic nitrogens is 2. The Hall–Kier alpha value is -4.71. The average Bonchev–Trinajstić information content (AvgIpc) is 3.90. The van der Waals surface area contributed by atoms with E-state index in [2.05, 4.69) is 27.4 Å². The van der Waals surface area contributed by atoms with E-state index in [0.29, 0.717) is 82.6 Å². The van der Waals surface area contributed by atoms with E-state index >= 15 is 0 Å². The lowest BCUT2D eigenvalue weighted by atomic mass is 10.1. The number of amides is 3. The number of likely N-dealkylation sites (tertiary alicyclic amines) is 1. The molecule has 3 amide bonds. The quantitative estimate of drug-likeness (QED) is 0.128. The summed E-state index contributed by atoms with van der Waals surface area (Å²) in [6.45, 7) is 13.8. The lowest BCUT2D eigenvalue weighted by Crippen LogP contribution is -2.56. The molecule has 18 heteroatoms. The number of carbonyl (C=O) groups is 4. The number of carbonyl (C=O) groups excluding carboxylic acids is 3. The zero-order valence-electron chi connectivity index (χ0n) is 35.8. The number of nitrogens with zero attached hydrogens (tertiary/aromatic N) is 4. The second kappa shape index (κ2) is 17.8. The van der Waals surface area contributed by atoms with E-state index < -0.39 is 47.6 Å². The van der Waals surface area contributed by atoms with E-state index in [1.165, 1.54) is 16.2 Å². The average molecular weight is 894 g/mol. The molecule has 3 saturated carbocycles. The Morgan fingerprint density at radius 2 is 1.87 bits per heavy atom. The lowest BCUT2D eigenvalue weighted by Gasteiger charge is -2.32. The fourth-order valence-electron chi connectivity index (χ4n) is 9.12. The second-order valence-corrected chi connectivity index (χ2v) is 19.1. The van der Waals surface area contributed by atoms with Crippen molar-refractivity contribution in [3.63, 3.8) is 0 Å². The molecular formula is C44H56ClN7O9S. The third kappa shape index (κ3) is 9.17. The molecule has 0 unspecified atom stereocenters. The summed E-state index contributed by atoms with van der Waals surface area (Å²) in [7, 11) is 2.03. The van der Waals surface area contributed by atoms with Crippen LogP contribution in [-0.4, -0.2) is 131 Å². The Morgan fingerprint density at radius 3 is 2.55 bits per heavy atom. The Kier molecular flexibility index (Phi) is 12.6. The molecule has 9 atom stereocenters. The van der Waals surface area contributed by atoms with Crippen LogP contribution in [0.2, 0.25) is 5.02 Å². The van der Waals surface area contributed by atoms with Crippen molar-refractivity contribution in [3.8, 4) is 22.9 Å². The smallest absolute Gasteiger partial charge is 0.408 e. The molecule has 5 fully saturated rings. The van der Waals surface area contributed by atoms with Gasteiger partial charge in [0.25, 0.3) is 0 Å². The number of hydrogen-bond donors (Lipinski definition) is 4. The van der Waals surface area contributed by atoms with Crippen LogP contribution < -0.4 is 25.4 Å². The Bertz CT molecular complexity index is 2230. The number of likely N-dealkylation sites (N-methyl/N-ethyl adjacent to an activating group) is 1. The third-order valence-electron chi connectivity index (χ3n) is 12.9. The summed E-state index contributed by atoms with van der Waals surface area (Å²) in [6.07, 6.45) is 1.92. The first-order valence-electron chi connectivity index (χ1n) is 21.6. The Balaban J connectivity index is 1.09. The van der Waals surface area contributed by atoms with Crippen LogP contribution in [0.15, 0.2) is 35.7 Å². The van der Waals surface area contributed by atoms with Crippen LogP contribution in [0.25, 0.3) is 22.3 Å². The topological polar surface area (TPSA) is 194 Å². The van der Waals surface area contributed by atoms with Crippen LogP contribution in [0.4, 0.5) is 9.93 Å². The number of carboxylic acid groups (broad SMARTS) is 1. The van der Waals surface area contributed by atoms with E-state index in [1.807, 2.05) is 39.3 Å². The molecule has 334 valence electrons. The zero-order chi connectivity index (χ0) is 44.0. The number of hydrogen-bond acceptors (Lipinski definition) is 13. The fraction of sp³-hybridized carbons (Fsp3) is 0.591. The van der Waals surface area contributed by atoms with Gasteiger partial charge in [0.05, 0.1) is 37.0 Å². The molecule has 62 heavy (non-hydrogen) atoms. The van der Waals surface area contributed by atoms with Gasteiger partial charge < -0.3 is 44.9 Å². The van der Waals surface area contributed by atoms with Crippen LogP contribution in [0.3, 0.4) is 0 Å². The van der Waals surface area contributed by atoms with Crippen molar-refractivity contribution in [2.45, 2.75) is 108 Å². The zero-order valence-corrected chi connectivity index (χ0v) is 37.4.